The molecule has 0 radical (unpaired) electrons. The molecule has 0 saturated carbocycles. The molecule has 0 spiro atoms. The SMILES string of the molecule is c1ccc(-c2ccccc2N(c2cccc(-c3ccc4c(c3)-c3cccc5cccc(c35)O4)c2)c2cccc3ccccc23)cc1. The van der Waals surface area contributed by atoms with Crippen LogP contribution in [-0.2, 0) is 0 Å². The molecule has 0 saturated heterocycles. The van der Waals surface area contributed by atoms with Gasteiger partial charge in [-0.1, -0.05) is 133 Å². The van der Waals surface area contributed by atoms with Crippen molar-refractivity contribution in [1.82, 2.24) is 0 Å². The predicted octanol–water partition coefficient (Wildman–Crippen LogP) is 12.6. The van der Waals surface area contributed by atoms with Crippen molar-refractivity contribution in [3.63, 3.8) is 0 Å². The van der Waals surface area contributed by atoms with Crippen LogP contribution in [0.3, 0.4) is 0 Å². The molecular formula is C44H29NO. The summed E-state index contributed by atoms with van der Waals surface area (Å²) in [6.45, 7) is 0. The molecule has 1 heterocycles. The van der Waals surface area contributed by atoms with E-state index in [0.717, 1.165) is 45.3 Å². The van der Waals surface area contributed by atoms with Crippen molar-refractivity contribution in [2.45, 2.75) is 0 Å². The summed E-state index contributed by atoms with van der Waals surface area (Å²) < 4.78 is 6.41. The van der Waals surface area contributed by atoms with Gasteiger partial charge in [-0.2, -0.15) is 0 Å². The maximum atomic E-state index is 6.41. The van der Waals surface area contributed by atoms with E-state index >= 15 is 0 Å². The maximum Gasteiger partial charge on any atom is 0.135 e. The van der Waals surface area contributed by atoms with Gasteiger partial charge < -0.3 is 9.64 Å². The third-order valence-corrected chi connectivity index (χ3v) is 9.03. The molecule has 0 atom stereocenters. The molecule has 0 unspecified atom stereocenters. The zero-order chi connectivity index (χ0) is 30.5. The first-order valence-electron chi connectivity index (χ1n) is 15.7. The Morgan fingerprint density at radius 2 is 1.02 bits per heavy atom. The van der Waals surface area contributed by atoms with Crippen molar-refractivity contribution < 1.29 is 4.74 Å². The number of rotatable bonds is 5. The Kier molecular flexibility index (Phi) is 6.17. The zero-order valence-corrected chi connectivity index (χ0v) is 25.1. The topological polar surface area (TPSA) is 12.5 Å². The molecule has 1 aliphatic heterocycles. The van der Waals surface area contributed by atoms with Crippen molar-refractivity contribution >= 4 is 38.6 Å². The summed E-state index contributed by atoms with van der Waals surface area (Å²) in [7, 11) is 0. The molecule has 9 rings (SSSR count). The fourth-order valence-electron chi connectivity index (χ4n) is 6.91. The Balaban J connectivity index is 1.23. The average molecular weight is 588 g/mol. The summed E-state index contributed by atoms with van der Waals surface area (Å²) in [5.41, 5.74) is 10.4. The van der Waals surface area contributed by atoms with Crippen molar-refractivity contribution in [3.05, 3.63) is 176 Å². The van der Waals surface area contributed by atoms with Gasteiger partial charge in [-0.15, -0.1) is 0 Å². The van der Waals surface area contributed by atoms with Crippen molar-refractivity contribution in [3.8, 4) is 44.9 Å². The second-order valence-corrected chi connectivity index (χ2v) is 11.7. The standard InChI is InChI=1S/C44H29NO/c1-2-12-30(13-3-1)36-21-6-7-23-40(36)45(41-24-10-15-31-14-4-5-20-37(31)41)35-19-8-18-33(28-35)34-26-27-42-39(29-34)38-22-9-16-32-17-11-25-43(46-42)44(32)38/h1-29H. The lowest BCUT2D eigenvalue weighted by atomic mass is 9.92. The minimum atomic E-state index is 0.889. The molecule has 0 aromatic heterocycles. The van der Waals surface area contributed by atoms with Crippen LogP contribution in [0, 0.1) is 0 Å². The lowest BCUT2D eigenvalue weighted by molar-refractivity contribution is 0.487. The van der Waals surface area contributed by atoms with E-state index in [2.05, 4.69) is 181 Å². The van der Waals surface area contributed by atoms with Crippen LogP contribution in [0.15, 0.2) is 176 Å². The smallest absolute Gasteiger partial charge is 0.135 e. The molecule has 1 aliphatic rings. The van der Waals surface area contributed by atoms with Crippen molar-refractivity contribution in [2.75, 3.05) is 4.90 Å². The van der Waals surface area contributed by atoms with Crippen LogP contribution in [0.4, 0.5) is 17.1 Å². The minimum Gasteiger partial charge on any atom is -0.456 e. The number of hydrogen-bond acceptors (Lipinski definition) is 2. The molecule has 0 aliphatic carbocycles. The van der Waals surface area contributed by atoms with Crippen LogP contribution in [0.25, 0.3) is 54.9 Å². The first-order chi connectivity index (χ1) is 22.8. The molecular weight excluding hydrogens is 558 g/mol. The van der Waals surface area contributed by atoms with E-state index in [1.165, 1.54) is 38.2 Å². The van der Waals surface area contributed by atoms with Gasteiger partial charge in [0, 0.05) is 27.6 Å². The number of hydrogen-bond donors (Lipinski definition) is 0. The summed E-state index contributed by atoms with van der Waals surface area (Å²) >= 11 is 0. The zero-order valence-electron chi connectivity index (χ0n) is 25.1. The van der Waals surface area contributed by atoms with Crippen LogP contribution >= 0.6 is 0 Å². The van der Waals surface area contributed by atoms with E-state index in [-0.39, 0.29) is 0 Å². The summed E-state index contributed by atoms with van der Waals surface area (Å²) in [6.07, 6.45) is 0. The number of ether oxygens (including phenoxy) is 1. The Bertz CT molecular complexity index is 2400. The fraction of sp³-hybridized carbons (Fsp3) is 0. The number of fused-ring (bicyclic) bond motifs is 3. The van der Waals surface area contributed by atoms with E-state index < -0.39 is 0 Å². The molecule has 0 amide bonds. The molecule has 0 bridgehead atoms. The Labute approximate surface area is 268 Å². The highest BCUT2D eigenvalue weighted by molar-refractivity contribution is 6.05. The number of para-hydroxylation sites is 1. The first kappa shape index (κ1) is 26.3. The van der Waals surface area contributed by atoms with Gasteiger partial charge in [-0.05, 0) is 75.5 Å². The second kappa shape index (κ2) is 10.8. The molecule has 0 fully saturated rings. The molecule has 2 nitrogen and oxygen atoms in total. The van der Waals surface area contributed by atoms with Crippen molar-refractivity contribution in [2.24, 2.45) is 0 Å². The molecule has 8 aromatic carbocycles. The van der Waals surface area contributed by atoms with Gasteiger partial charge in [0.1, 0.15) is 11.5 Å². The highest BCUT2D eigenvalue weighted by Gasteiger charge is 2.22. The molecule has 46 heavy (non-hydrogen) atoms. The van der Waals surface area contributed by atoms with Gasteiger partial charge >= 0.3 is 0 Å². The van der Waals surface area contributed by atoms with Crippen LogP contribution in [0.1, 0.15) is 0 Å². The highest BCUT2D eigenvalue weighted by atomic mass is 16.5. The number of nitrogens with zero attached hydrogens (tertiary/aromatic N) is 1. The van der Waals surface area contributed by atoms with Crippen molar-refractivity contribution in [1.29, 1.82) is 0 Å². The van der Waals surface area contributed by atoms with E-state index in [1.807, 2.05) is 0 Å². The third kappa shape index (κ3) is 4.35. The summed E-state index contributed by atoms with van der Waals surface area (Å²) in [6, 6.07) is 62.8. The van der Waals surface area contributed by atoms with Gasteiger partial charge in [0.25, 0.3) is 0 Å². The Morgan fingerprint density at radius 1 is 0.370 bits per heavy atom. The minimum absolute atomic E-state index is 0.889. The van der Waals surface area contributed by atoms with Gasteiger partial charge in [0.05, 0.1) is 11.4 Å². The van der Waals surface area contributed by atoms with Gasteiger partial charge in [0.2, 0.25) is 0 Å². The van der Waals surface area contributed by atoms with E-state index in [1.54, 1.807) is 0 Å². The molecule has 216 valence electrons. The maximum absolute atomic E-state index is 6.41. The van der Waals surface area contributed by atoms with Crippen LogP contribution in [-0.4, -0.2) is 0 Å². The van der Waals surface area contributed by atoms with Crippen LogP contribution in [0.5, 0.6) is 11.5 Å². The summed E-state index contributed by atoms with van der Waals surface area (Å²) in [4.78, 5) is 2.41. The third-order valence-electron chi connectivity index (χ3n) is 9.03. The summed E-state index contributed by atoms with van der Waals surface area (Å²) in [5.74, 6) is 1.80. The van der Waals surface area contributed by atoms with E-state index in [4.69, 9.17) is 4.74 Å². The summed E-state index contributed by atoms with van der Waals surface area (Å²) in [5, 5.41) is 4.78. The lowest BCUT2D eigenvalue weighted by Crippen LogP contribution is -2.11. The number of anilines is 3. The van der Waals surface area contributed by atoms with Crippen LogP contribution < -0.4 is 9.64 Å². The largest absolute Gasteiger partial charge is 0.456 e. The second-order valence-electron chi connectivity index (χ2n) is 11.7. The monoisotopic (exact) mass is 587 g/mol. The van der Waals surface area contributed by atoms with Gasteiger partial charge in [-0.3, -0.25) is 0 Å². The Hall–Kier alpha value is -6.12. The lowest BCUT2D eigenvalue weighted by Gasteiger charge is -2.29. The molecule has 2 heteroatoms. The molecule has 0 N–H and O–H groups in total. The highest BCUT2D eigenvalue weighted by Crippen LogP contribution is 2.48. The van der Waals surface area contributed by atoms with Gasteiger partial charge in [0.15, 0.2) is 0 Å². The van der Waals surface area contributed by atoms with Crippen LogP contribution in [0.2, 0.25) is 0 Å². The first-order valence-corrected chi connectivity index (χ1v) is 15.7. The molecule has 8 aromatic rings. The van der Waals surface area contributed by atoms with Gasteiger partial charge in [-0.25, -0.2) is 0 Å². The van der Waals surface area contributed by atoms with E-state index in [9.17, 15) is 0 Å². The Morgan fingerprint density at radius 3 is 1.96 bits per heavy atom. The average Bonchev–Trinajstić information content (AvgIpc) is 3.13. The fourth-order valence-corrected chi connectivity index (χ4v) is 6.91. The quantitative estimate of drug-likeness (QED) is 0.199. The normalized spacial score (nSPS) is 11.7. The predicted molar refractivity (Wildman–Crippen MR) is 193 cm³/mol. The number of benzene rings is 8. The van der Waals surface area contributed by atoms with E-state index in [0.29, 0.717) is 0 Å².